The second kappa shape index (κ2) is 7.13. The van der Waals surface area contributed by atoms with Gasteiger partial charge in [0.1, 0.15) is 11.3 Å². The van der Waals surface area contributed by atoms with Crippen LogP contribution in [0.15, 0.2) is 34.7 Å². The van der Waals surface area contributed by atoms with Crippen LogP contribution in [-0.2, 0) is 6.42 Å². The van der Waals surface area contributed by atoms with E-state index in [0.717, 1.165) is 17.5 Å². The molecule has 5 nitrogen and oxygen atoms in total. The Hall–Kier alpha value is -2.56. The summed E-state index contributed by atoms with van der Waals surface area (Å²) in [4.78, 5) is 23.5. The molecule has 0 fully saturated rings. The maximum absolute atomic E-state index is 12.4. The minimum atomic E-state index is -1.09. The number of carbonyl (C=O) groups excluding carboxylic acids is 1. The van der Waals surface area contributed by atoms with E-state index in [1.165, 1.54) is 6.07 Å². The van der Waals surface area contributed by atoms with Crippen LogP contribution in [0.3, 0.4) is 0 Å². The van der Waals surface area contributed by atoms with Crippen molar-refractivity contribution in [1.29, 1.82) is 0 Å². The fraction of sp³-hybridized carbons (Fsp3) is 0.333. The Labute approximate surface area is 135 Å². The second-order valence-electron chi connectivity index (χ2n) is 5.45. The molecular weight excluding hydrogens is 294 g/mol. The summed E-state index contributed by atoms with van der Waals surface area (Å²) in [6, 6.07) is 9.09. The van der Waals surface area contributed by atoms with E-state index >= 15 is 0 Å². The van der Waals surface area contributed by atoms with Crippen LogP contribution in [0.25, 0.3) is 0 Å². The number of carboxylic acids is 1. The molecule has 23 heavy (non-hydrogen) atoms. The Kier molecular flexibility index (Phi) is 5.21. The number of nitrogens with one attached hydrogen (secondary N) is 1. The van der Waals surface area contributed by atoms with E-state index in [1.807, 2.05) is 38.1 Å². The van der Waals surface area contributed by atoms with Gasteiger partial charge in [-0.15, -0.1) is 0 Å². The van der Waals surface area contributed by atoms with E-state index in [0.29, 0.717) is 12.2 Å². The standard InChI is InChI=1S/C18H21NO4/c1-4-14(12-8-6-11(3)7-9-12)19-17(20)16-10-13(18(21)22)15(5-2)23-16/h6-10,14H,4-5H2,1-3H3,(H,19,20)(H,21,22). The molecule has 1 atom stereocenters. The van der Waals surface area contributed by atoms with Crippen molar-refractivity contribution in [2.45, 2.75) is 39.7 Å². The van der Waals surface area contributed by atoms with Crippen molar-refractivity contribution in [1.82, 2.24) is 5.32 Å². The Bertz CT molecular complexity index is 700. The third-order valence-corrected chi connectivity index (χ3v) is 3.78. The molecule has 0 spiro atoms. The number of aryl methyl sites for hydroxylation is 2. The van der Waals surface area contributed by atoms with Crippen LogP contribution in [0.4, 0.5) is 0 Å². The van der Waals surface area contributed by atoms with Gasteiger partial charge in [0, 0.05) is 12.5 Å². The van der Waals surface area contributed by atoms with Crippen LogP contribution in [0, 0.1) is 6.92 Å². The zero-order valence-corrected chi connectivity index (χ0v) is 13.6. The normalized spacial score (nSPS) is 12.0. The van der Waals surface area contributed by atoms with Gasteiger partial charge in [-0.25, -0.2) is 4.79 Å². The molecule has 2 N–H and O–H groups in total. The van der Waals surface area contributed by atoms with Crippen LogP contribution in [0.5, 0.6) is 0 Å². The quantitative estimate of drug-likeness (QED) is 0.851. The predicted molar refractivity (Wildman–Crippen MR) is 86.7 cm³/mol. The molecule has 0 radical (unpaired) electrons. The zero-order valence-electron chi connectivity index (χ0n) is 13.6. The summed E-state index contributed by atoms with van der Waals surface area (Å²) in [7, 11) is 0. The molecule has 1 unspecified atom stereocenters. The summed E-state index contributed by atoms with van der Waals surface area (Å²) >= 11 is 0. The smallest absolute Gasteiger partial charge is 0.339 e. The number of rotatable bonds is 6. The maximum atomic E-state index is 12.4. The van der Waals surface area contributed by atoms with Gasteiger partial charge in [0.2, 0.25) is 0 Å². The molecule has 0 aliphatic carbocycles. The van der Waals surface area contributed by atoms with Crippen molar-refractivity contribution >= 4 is 11.9 Å². The first-order valence-electron chi connectivity index (χ1n) is 7.69. The Balaban J connectivity index is 2.19. The number of aromatic carboxylic acids is 1. The molecule has 0 aliphatic heterocycles. The van der Waals surface area contributed by atoms with E-state index in [2.05, 4.69) is 5.32 Å². The van der Waals surface area contributed by atoms with Crippen LogP contribution >= 0.6 is 0 Å². The summed E-state index contributed by atoms with van der Waals surface area (Å²) in [5, 5.41) is 12.0. The molecular formula is C18H21NO4. The van der Waals surface area contributed by atoms with E-state index in [-0.39, 0.29) is 17.4 Å². The van der Waals surface area contributed by atoms with Crippen molar-refractivity contribution in [3.63, 3.8) is 0 Å². The maximum Gasteiger partial charge on any atom is 0.339 e. The van der Waals surface area contributed by atoms with Crippen LogP contribution in [0.2, 0.25) is 0 Å². The van der Waals surface area contributed by atoms with Gasteiger partial charge in [-0.3, -0.25) is 4.79 Å². The van der Waals surface area contributed by atoms with Gasteiger partial charge in [0.25, 0.3) is 5.91 Å². The number of carbonyl (C=O) groups is 2. The topological polar surface area (TPSA) is 79.5 Å². The van der Waals surface area contributed by atoms with Crippen LogP contribution in [-0.4, -0.2) is 17.0 Å². The molecule has 5 heteroatoms. The van der Waals surface area contributed by atoms with Gasteiger partial charge in [0.05, 0.1) is 6.04 Å². The number of carboxylic acid groups (broad SMARTS) is 1. The predicted octanol–water partition coefficient (Wildman–Crippen LogP) is 3.73. The van der Waals surface area contributed by atoms with Crippen molar-refractivity contribution in [2.75, 3.05) is 0 Å². The first kappa shape index (κ1) is 16.8. The lowest BCUT2D eigenvalue weighted by Crippen LogP contribution is -2.27. The van der Waals surface area contributed by atoms with Gasteiger partial charge in [-0.1, -0.05) is 43.7 Å². The van der Waals surface area contributed by atoms with Gasteiger partial charge in [-0.2, -0.15) is 0 Å². The number of amides is 1. The monoisotopic (exact) mass is 315 g/mol. The van der Waals surface area contributed by atoms with Crippen molar-refractivity contribution < 1.29 is 19.1 Å². The lowest BCUT2D eigenvalue weighted by atomic mass is 10.0. The second-order valence-corrected chi connectivity index (χ2v) is 5.45. The van der Waals surface area contributed by atoms with Gasteiger partial charge in [-0.05, 0) is 18.9 Å². The number of benzene rings is 1. The molecule has 1 amide bonds. The van der Waals surface area contributed by atoms with E-state index in [1.54, 1.807) is 6.92 Å². The average molecular weight is 315 g/mol. The molecule has 1 heterocycles. The molecule has 122 valence electrons. The van der Waals surface area contributed by atoms with Crippen LogP contribution in [0.1, 0.15) is 64.1 Å². The third kappa shape index (κ3) is 3.80. The summed E-state index contributed by atoms with van der Waals surface area (Å²) in [5.41, 5.74) is 2.20. The highest BCUT2D eigenvalue weighted by Gasteiger charge is 2.22. The highest BCUT2D eigenvalue weighted by atomic mass is 16.4. The average Bonchev–Trinajstić information content (AvgIpc) is 2.98. The molecule has 0 saturated carbocycles. The molecule has 0 aliphatic rings. The Morgan fingerprint density at radius 1 is 1.22 bits per heavy atom. The highest BCUT2D eigenvalue weighted by molar-refractivity contribution is 5.96. The first-order chi connectivity index (χ1) is 11.0. The molecule has 0 bridgehead atoms. The molecule has 1 aromatic carbocycles. The SMILES string of the molecule is CCc1oc(C(=O)NC(CC)c2ccc(C)cc2)cc1C(=O)O. The molecule has 2 rings (SSSR count). The summed E-state index contributed by atoms with van der Waals surface area (Å²) in [6.45, 7) is 5.77. The number of hydrogen-bond acceptors (Lipinski definition) is 3. The number of hydrogen-bond donors (Lipinski definition) is 2. The van der Waals surface area contributed by atoms with Crippen LogP contribution < -0.4 is 5.32 Å². The fourth-order valence-corrected chi connectivity index (χ4v) is 2.43. The number of furan rings is 1. The summed E-state index contributed by atoms with van der Waals surface area (Å²) < 4.78 is 5.39. The first-order valence-corrected chi connectivity index (χ1v) is 7.69. The Morgan fingerprint density at radius 3 is 2.35 bits per heavy atom. The molecule has 2 aromatic rings. The van der Waals surface area contributed by atoms with Crippen molar-refractivity contribution in [2.24, 2.45) is 0 Å². The van der Waals surface area contributed by atoms with Gasteiger partial charge < -0.3 is 14.8 Å². The molecule has 1 aromatic heterocycles. The minimum absolute atomic E-state index is 0.0322. The van der Waals surface area contributed by atoms with Crippen molar-refractivity contribution in [3.05, 3.63) is 58.5 Å². The largest absolute Gasteiger partial charge is 0.478 e. The third-order valence-electron chi connectivity index (χ3n) is 3.78. The van der Waals surface area contributed by atoms with E-state index in [9.17, 15) is 9.59 Å². The molecule has 0 saturated heterocycles. The Morgan fingerprint density at radius 2 is 1.87 bits per heavy atom. The van der Waals surface area contributed by atoms with Gasteiger partial charge >= 0.3 is 5.97 Å². The van der Waals surface area contributed by atoms with Crippen molar-refractivity contribution in [3.8, 4) is 0 Å². The minimum Gasteiger partial charge on any atom is -0.478 e. The zero-order chi connectivity index (χ0) is 17.0. The summed E-state index contributed by atoms with van der Waals surface area (Å²) in [6.07, 6.45) is 1.14. The van der Waals surface area contributed by atoms with Gasteiger partial charge in [0.15, 0.2) is 5.76 Å². The lowest BCUT2D eigenvalue weighted by molar-refractivity contribution is 0.0694. The highest BCUT2D eigenvalue weighted by Crippen LogP contribution is 2.20. The lowest BCUT2D eigenvalue weighted by Gasteiger charge is -2.16. The fourth-order valence-electron chi connectivity index (χ4n) is 2.43. The van der Waals surface area contributed by atoms with E-state index < -0.39 is 11.9 Å². The van der Waals surface area contributed by atoms with E-state index in [4.69, 9.17) is 9.52 Å². The summed E-state index contributed by atoms with van der Waals surface area (Å²) in [5.74, 6) is -1.15.